The normalized spacial score (nSPS) is 28.4. The third kappa shape index (κ3) is 2.51. The molecule has 6 nitrogen and oxygen atoms in total. The van der Waals surface area contributed by atoms with Gasteiger partial charge in [0.15, 0.2) is 5.82 Å². The molecule has 1 N–H and O–H groups in total. The van der Waals surface area contributed by atoms with E-state index in [-0.39, 0.29) is 18.2 Å². The van der Waals surface area contributed by atoms with E-state index in [9.17, 15) is 5.11 Å². The molecule has 0 amide bonds. The van der Waals surface area contributed by atoms with Crippen LogP contribution in [0.25, 0.3) is 21.3 Å². The van der Waals surface area contributed by atoms with Crippen LogP contribution in [0.1, 0.15) is 6.04 Å². The largest absolute Gasteiger partial charge is 0.388 e. The molecule has 4 atom stereocenters. The van der Waals surface area contributed by atoms with Gasteiger partial charge in [0.25, 0.3) is 0 Å². The molecule has 7 heteroatoms. The molecule has 2 aromatic heterocycles. The summed E-state index contributed by atoms with van der Waals surface area (Å²) >= 11 is 1.62. The number of benzene rings is 1. The number of thiazole rings is 1. The smallest absolute Gasteiger partial charge is 0.152 e. The predicted molar refractivity (Wildman–Crippen MR) is 93.3 cm³/mol. The predicted octanol–water partition coefficient (Wildman–Crippen LogP) is 2.37. The zero-order valence-corrected chi connectivity index (χ0v) is 14.2. The van der Waals surface area contributed by atoms with E-state index in [0.29, 0.717) is 13.2 Å². The van der Waals surface area contributed by atoms with E-state index in [2.05, 4.69) is 26.7 Å². The zero-order chi connectivity index (χ0) is 16.8. The Labute approximate surface area is 148 Å². The molecule has 2 saturated heterocycles. The SMILES string of the molecule is O[C@@H]1CO[C@H]2[C@@H]1OC[C@@H]2n1ccnc1-c1cnc(-c2ccccc2)s1. The molecule has 4 heterocycles. The summed E-state index contributed by atoms with van der Waals surface area (Å²) in [5.74, 6) is 0.860. The molecular weight excluding hydrogens is 338 g/mol. The van der Waals surface area contributed by atoms with Gasteiger partial charge in [-0.3, -0.25) is 0 Å². The Balaban J connectivity index is 1.47. The lowest BCUT2D eigenvalue weighted by atomic mass is 10.1. The number of nitrogens with zero attached hydrogens (tertiary/aromatic N) is 3. The van der Waals surface area contributed by atoms with Gasteiger partial charge in [-0.2, -0.15) is 0 Å². The number of fused-ring (bicyclic) bond motifs is 1. The van der Waals surface area contributed by atoms with Crippen molar-refractivity contribution in [1.82, 2.24) is 14.5 Å². The fourth-order valence-electron chi connectivity index (χ4n) is 3.56. The Morgan fingerprint density at radius 2 is 1.92 bits per heavy atom. The van der Waals surface area contributed by atoms with Crippen LogP contribution in [0.5, 0.6) is 0 Å². The Bertz CT molecular complexity index is 879. The average molecular weight is 355 g/mol. The van der Waals surface area contributed by atoms with E-state index < -0.39 is 6.10 Å². The molecule has 0 unspecified atom stereocenters. The number of rotatable bonds is 3. The number of imidazole rings is 1. The maximum atomic E-state index is 9.95. The number of aliphatic hydroxyl groups is 1. The molecule has 0 radical (unpaired) electrons. The highest BCUT2D eigenvalue weighted by Crippen LogP contribution is 2.38. The molecule has 0 spiro atoms. The first-order chi connectivity index (χ1) is 12.3. The van der Waals surface area contributed by atoms with Gasteiger partial charge in [-0.15, -0.1) is 11.3 Å². The van der Waals surface area contributed by atoms with Crippen LogP contribution in [-0.4, -0.2) is 51.2 Å². The lowest BCUT2D eigenvalue weighted by Crippen LogP contribution is -2.30. The molecule has 2 fully saturated rings. The topological polar surface area (TPSA) is 69.4 Å². The minimum atomic E-state index is -0.546. The van der Waals surface area contributed by atoms with E-state index in [1.807, 2.05) is 30.6 Å². The summed E-state index contributed by atoms with van der Waals surface area (Å²) in [6, 6.07) is 10.1. The minimum Gasteiger partial charge on any atom is -0.388 e. The highest BCUT2D eigenvalue weighted by molar-refractivity contribution is 7.18. The highest BCUT2D eigenvalue weighted by atomic mass is 32.1. The van der Waals surface area contributed by atoms with E-state index in [1.165, 1.54) is 0 Å². The standard InChI is InChI=1S/C18H17N3O3S/c22-13-10-24-15-12(9-23-16(13)15)21-7-6-19-17(21)14-8-20-18(25-14)11-4-2-1-3-5-11/h1-8,12-13,15-16,22H,9-10H2/t12-,13+,15+,16+/m0/s1. The van der Waals surface area contributed by atoms with Crippen molar-refractivity contribution in [3.63, 3.8) is 0 Å². The van der Waals surface area contributed by atoms with Crippen molar-refractivity contribution in [2.45, 2.75) is 24.4 Å². The second-order valence-electron chi connectivity index (χ2n) is 6.28. The third-order valence-electron chi connectivity index (χ3n) is 4.77. The number of hydrogen-bond acceptors (Lipinski definition) is 6. The molecule has 0 aliphatic carbocycles. The Hall–Kier alpha value is -2.06. The van der Waals surface area contributed by atoms with Crippen LogP contribution >= 0.6 is 11.3 Å². The summed E-state index contributed by atoms with van der Waals surface area (Å²) in [5, 5.41) is 10.9. The van der Waals surface area contributed by atoms with E-state index in [4.69, 9.17) is 9.47 Å². The molecule has 128 valence electrons. The summed E-state index contributed by atoms with van der Waals surface area (Å²) < 4.78 is 13.6. The van der Waals surface area contributed by atoms with Crippen molar-refractivity contribution in [2.75, 3.05) is 13.2 Å². The second-order valence-corrected chi connectivity index (χ2v) is 7.32. The Morgan fingerprint density at radius 3 is 2.80 bits per heavy atom. The average Bonchev–Trinajstić information content (AvgIpc) is 3.41. The fourth-order valence-corrected chi connectivity index (χ4v) is 4.48. The second kappa shape index (κ2) is 6.03. The molecule has 0 saturated carbocycles. The fraction of sp³-hybridized carbons (Fsp3) is 0.333. The molecule has 5 rings (SSSR count). The lowest BCUT2D eigenvalue weighted by molar-refractivity contribution is 0.0172. The molecular formula is C18H17N3O3S. The summed E-state index contributed by atoms with van der Waals surface area (Å²) in [5.41, 5.74) is 1.10. The summed E-state index contributed by atoms with van der Waals surface area (Å²) in [6.45, 7) is 0.842. The van der Waals surface area contributed by atoms with Crippen LogP contribution in [0.15, 0.2) is 48.9 Å². The van der Waals surface area contributed by atoms with Crippen LogP contribution < -0.4 is 0 Å². The van der Waals surface area contributed by atoms with Crippen LogP contribution in [0, 0.1) is 0 Å². The van der Waals surface area contributed by atoms with Gasteiger partial charge >= 0.3 is 0 Å². The maximum absolute atomic E-state index is 9.95. The first-order valence-corrected chi connectivity index (χ1v) is 9.08. The summed E-state index contributed by atoms with van der Waals surface area (Å²) in [7, 11) is 0. The van der Waals surface area contributed by atoms with Crippen LogP contribution in [0.2, 0.25) is 0 Å². The first-order valence-electron chi connectivity index (χ1n) is 8.27. The Morgan fingerprint density at radius 1 is 1.08 bits per heavy atom. The monoisotopic (exact) mass is 355 g/mol. The van der Waals surface area contributed by atoms with Crippen molar-refractivity contribution in [2.24, 2.45) is 0 Å². The molecule has 25 heavy (non-hydrogen) atoms. The number of aromatic nitrogens is 3. The van der Waals surface area contributed by atoms with Crippen molar-refractivity contribution in [3.05, 3.63) is 48.9 Å². The zero-order valence-electron chi connectivity index (χ0n) is 13.4. The van der Waals surface area contributed by atoms with Crippen molar-refractivity contribution < 1.29 is 14.6 Å². The summed E-state index contributed by atoms with van der Waals surface area (Å²) in [6.07, 6.45) is 4.67. The van der Waals surface area contributed by atoms with E-state index in [0.717, 1.165) is 21.3 Å². The van der Waals surface area contributed by atoms with Crippen molar-refractivity contribution in [1.29, 1.82) is 0 Å². The van der Waals surface area contributed by atoms with E-state index in [1.54, 1.807) is 17.5 Å². The first kappa shape index (κ1) is 15.2. The maximum Gasteiger partial charge on any atom is 0.152 e. The molecule has 1 aromatic carbocycles. The van der Waals surface area contributed by atoms with Crippen LogP contribution in [0.4, 0.5) is 0 Å². The van der Waals surface area contributed by atoms with Gasteiger partial charge < -0.3 is 19.1 Å². The van der Waals surface area contributed by atoms with E-state index >= 15 is 0 Å². The van der Waals surface area contributed by atoms with Crippen LogP contribution in [0.3, 0.4) is 0 Å². The molecule has 2 aliphatic heterocycles. The van der Waals surface area contributed by atoms with Crippen molar-refractivity contribution >= 4 is 11.3 Å². The van der Waals surface area contributed by atoms with Crippen molar-refractivity contribution in [3.8, 4) is 21.3 Å². The molecule has 3 aromatic rings. The highest BCUT2D eigenvalue weighted by Gasteiger charge is 2.48. The van der Waals surface area contributed by atoms with Gasteiger partial charge in [-0.05, 0) is 0 Å². The van der Waals surface area contributed by atoms with Gasteiger partial charge in [0.1, 0.15) is 23.3 Å². The van der Waals surface area contributed by atoms with Gasteiger partial charge in [-0.25, -0.2) is 9.97 Å². The van der Waals surface area contributed by atoms with Gasteiger partial charge in [-0.1, -0.05) is 30.3 Å². The number of hydrogen-bond donors (Lipinski definition) is 1. The Kier molecular flexibility index (Phi) is 3.67. The van der Waals surface area contributed by atoms with Gasteiger partial charge in [0.2, 0.25) is 0 Å². The quantitative estimate of drug-likeness (QED) is 0.781. The summed E-state index contributed by atoms with van der Waals surface area (Å²) in [4.78, 5) is 10.1. The van der Waals surface area contributed by atoms with Gasteiger partial charge in [0.05, 0.1) is 24.1 Å². The third-order valence-corrected chi connectivity index (χ3v) is 5.82. The molecule has 0 bridgehead atoms. The lowest BCUT2D eigenvalue weighted by Gasteiger charge is -2.19. The number of aliphatic hydroxyl groups excluding tert-OH is 1. The van der Waals surface area contributed by atoms with Crippen LogP contribution in [-0.2, 0) is 9.47 Å². The van der Waals surface area contributed by atoms with Gasteiger partial charge in [0, 0.05) is 24.2 Å². The molecule has 2 aliphatic rings. The minimum absolute atomic E-state index is 0.0157. The number of ether oxygens (including phenoxy) is 2.